The summed E-state index contributed by atoms with van der Waals surface area (Å²) in [7, 11) is 0. The standard InChI is InChI=1S/4C32H19N3/c1-2-7-21-18(6-1)15-24-22(21)12-11-19-14-20-16-26-25(17-23(20)30(19)24)31-29(10-5-13-33-31)35-28-9-4-3-8-27(28)34-32(26)35;1-2-7-20-18(6-1)14-24-21(20)11-12-22-23-17-26-27(16-19(23)15-25(22)24)32-34-28-8-3-4-9-29(28)35(32)30-10-5-13-33-31(26)30;1-2-7-22-18(6-1)14-19-11-12-20-15-21-16-25-24(17-23(21)30(20)29(19)22)31-28(10-5-13-33-31)35-27-9-4-3-8-26(27)34-32(25)35;1-2-7-22-18(6-1)12-19-13-20-14-21-15-27-26(17-25(21)24(20)16-23(19)22)31-30(10-5-11-33-31)35-29-9-4-3-8-28(29)34-32(27)35/h3*1-13,16-17H,14-15H2;1-11,13,15-17H,12,14H2. The molecule has 12 aromatic heterocycles. The predicted octanol–water partition coefficient (Wildman–Crippen LogP) is 29.3. The van der Waals surface area contributed by atoms with E-state index in [1.807, 2.05) is 49.1 Å². The van der Waals surface area contributed by atoms with Gasteiger partial charge in [0.25, 0.3) is 0 Å². The highest BCUT2D eigenvalue weighted by Crippen LogP contribution is 2.56. The Morgan fingerprint density at radius 1 is 0.157 bits per heavy atom. The summed E-state index contributed by atoms with van der Waals surface area (Å²) in [6, 6.07) is 124. The first-order valence-corrected chi connectivity index (χ1v) is 48.8. The Bertz CT molecular complexity index is 10600. The molecule has 12 heteroatoms. The second-order valence-electron chi connectivity index (χ2n) is 39.3. The predicted molar refractivity (Wildman–Crippen MR) is 568 cm³/mol. The van der Waals surface area contributed by atoms with Gasteiger partial charge in [0.05, 0.1) is 88.3 Å². The molecule has 8 aliphatic rings. The summed E-state index contributed by atoms with van der Waals surface area (Å²) >= 11 is 0. The molecule has 0 aliphatic heterocycles. The third kappa shape index (κ3) is 10.4. The van der Waals surface area contributed by atoms with Gasteiger partial charge in [0.2, 0.25) is 0 Å². The van der Waals surface area contributed by atoms with Crippen molar-refractivity contribution in [2.24, 2.45) is 0 Å². The van der Waals surface area contributed by atoms with E-state index in [1.165, 1.54) is 221 Å². The van der Waals surface area contributed by atoms with E-state index in [2.05, 4.69) is 333 Å². The molecule has 0 radical (unpaired) electrons. The van der Waals surface area contributed by atoms with Crippen LogP contribution in [0.1, 0.15) is 89.0 Å². The van der Waals surface area contributed by atoms with Gasteiger partial charge in [-0.15, -0.1) is 0 Å². The summed E-state index contributed by atoms with van der Waals surface area (Å²) in [6.07, 6.45) is 15.6. The monoisotopic (exact) mass is 1780 g/mol. The molecule has 12 heterocycles. The fourth-order valence-corrected chi connectivity index (χ4v) is 26.2. The van der Waals surface area contributed by atoms with Gasteiger partial charge in [-0.25, -0.2) is 19.9 Å². The minimum atomic E-state index is 0.961. The molecule has 0 amide bonds. The molecular formula is C128H76N12. The van der Waals surface area contributed by atoms with Crippen LogP contribution in [0.3, 0.4) is 0 Å². The van der Waals surface area contributed by atoms with Crippen LogP contribution in [0, 0.1) is 0 Å². The molecule has 36 rings (SSSR count). The fourth-order valence-electron chi connectivity index (χ4n) is 26.2. The summed E-state index contributed by atoms with van der Waals surface area (Å²) in [5.74, 6) is 0. The van der Waals surface area contributed by atoms with E-state index in [4.69, 9.17) is 39.9 Å². The number of hydrogen-bond acceptors (Lipinski definition) is 8. The van der Waals surface area contributed by atoms with E-state index >= 15 is 0 Å². The van der Waals surface area contributed by atoms with Crippen molar-refractivity contribution in [1.29, 1.82) is 0 Å². The number of fused-ring (bicyclic) bond motifs is 59. The molecule has 0 N–H and O–H groups in total. The van der Waals surface area contributed by atoms with Gasteiger partial charge >= 0.3 is 0 Å². The van der Waals surface area contributed by atoms with Crippen LogP contribution in [-0.4, -0.2) is 57.5 Å². The lowest BCUT2D eigenvalue weighted by Crippen LogP contribution is -1.94. The van der Waals surface area contributed by atoms with E-state index in [0.29, 0.717) is 0 Å². The van der Waals surface area contributed by atoms with Crippen molar-refractivity contribution < 1.29 is 0 Å². The maximum absolute atomic E-state index is 5.09. The lowest BCUT2D eigenvalue weighted by molar-refractivity contribution is 1.16. The number of aromatic nitrogens is 12. The summed E-state index contributed by atoms with van der Waals surface area (Å²) in [5, 5.41) is 9.43. The third-order valence-electron chi connectivity index (χ3n) is 32.2. The molecule has 0 spiro atoms. The molecule has 0 unspecified atom stereocenters. The van der Waals surface area contributed by atoms with Crippen molar-refractivity contribution in [2.45, 2.75) is 51.4 Å². The quantitative estimate of drug-likeness (QED) is 0.138. The first kappa shape index (κ1) is 75.3. The van der Waals surface area contributed by atoms with E-state index in [-0.39, 0.29) is 0 Å². The van der Waals surface area contributed by atoms with Crippen molar-refractivity contribution >= 4 is 154 Å². The number of para-hydroxylation sites is 8. The number of nitrogens with zero attached hydrogens (tertiary/aromatic N) is 12. The van der Waals surface area contributed by atoms with Crippen LogP contribution in [-0.2, 0) is 51.4 Å². The maximum atomic E-state index is 5.09. The van der Waals surface area contributed by atoms with Gasteiger partial charge in [-0.1, -0.05) is 188 Å². The SMILES string of the molecule is c1ccc2c(c1)Cc1c-2ccc2c1-c1cc3c(cc1C2)c1nc2ccccc2n1c1cccnc31.c1ccc2c(c1)Cc1c-2ccc2c1Cc1cc3c(cc1-2)c1ncccc1n1c2ccccc2nc31.c1ccc2c(c1)Cc1cc3c(cc1-2)-c1cc2c(cc1C3)c1nc3ccccc3n1c1cccnc21.c1ccc2c(c1)Cc1ccc3c(c1-2)-c1cc2c(cc1C3)c1nc3ccccc3n1c1cccnc21. The molecule has 0 bridgehead atoms. The fraction of sp³-hybridized carbons (Fsp3) is 0.0625. The molecular weight excluding hydrogens is 1710 g/mol. The summed E-state index contributed by atoms with van der Waals surface area (Å²) in [4.78, 5) is 39.8. The van der Waals surface area contributed by atoms with Gasteiger partial charge in [0, 0.05) is 67.9 Å². The van der Waals surface area contributed by atoms with Gasteiger partial charge < -0.3 is 0 Å². The van der Waals surface area contributed by atoms with Crippen LogP contribution < -0.4 is 0 Å². The zero-order chi connectivity index (χ0) is 90.7. The Morgan fingerprint density at radius 3 is 0.879 bits per heavy atom. The van der Waals surface area contributed by atoms with Crippen LogP contribution in [0.2, 0.25) is 0 Å². The van der Waals surface area contributed by atoms with E-state index in [9.17, 15) is 0 Å². The van der Waals surface area contributed by atoms with Crippen molar-refractivity contribution in [3.8, 4) is 89.0 Å². The number of benzene rings is 16. The lowest BCUT2D eigenvalue weighted by Gasteiger charge is -2.13. The van der Waals surface area contributed by atoms with Gasteiger partial charge in [0.1, 0.15) is 22.6 Å². The van der Waals surface area contributed by atoms with Gasteiger partial charge in [0.15, 0.2) is 0 Å². The molecule has 648 valence electrons. The van der Waals surface area contributed by atoms with Gasteiger partial charge in [-0.3, -0.25) is 37.5 Å². The summed E-state index contributed by atoms with van der Waals surface area (Å²) in [6.45, 7) is 0. The number of pyridine rings is 8. The minimum absolute atomic E-state index is 0.961. The first-order valence-electron chi connectivity index (χ1n) is 48.8. The van der Waals surface area contributed by atoms with E-state index in [0.717, 1.165) is 162 Å². The molecule has 0 saturated heterocycles. The van der Waals surface area contributed by atoms with Crippen LogP contribution in [0.5, 0.6) is 0 Å². The van der Waals surface area contributed by atoms with Crippen LogP contribution >= 0.6 is 0 Å². The molecule has 0 fully saturated rings. The van der Waals surface area contributed by atoms with Gasteiger partial charge in [-0.05, 0) is 381 Å². The highest BCUT2D eigenvalue weighted by atomic mass is 15.1. The Hall–Kier alpha value is -18.0. The average Bonchev–Trinajstić information content (AvgIpc) is 1.55. The minimum Gasteiger partial charge on any atom is -0.290 e. The lowest BCUT2D eigenvalue weighted by atomic mass is 9.93. The molecule has 0 saturated carbocycles. The number of rotatable bonds is 0. The molecule has 140 heavy (non-hydrogen) atoms. The van der Waals surface area contributed by atoms with Crippen LogP contribution in [0.15, 0.2) is 365 Å². The average molecular weight is 1780 g/mol. The molecule has 0 atom stereocenters. The number of hydrogen-bond donors (Lipinski definition) is 0. The maximum Gasteiger partial charge on any atom is 0.146 e. The second-order valence-corrected chi connectivity index (χ2v) is 39.3. The largest absolute Gasteiger partial charge is 0.290 e. The van der Waals surface area contributed by atoms with Crippen molar-refractivity contribution in [3.05, 3.63) is 454 Å². The molecule has 16 aromatic carbocycles. The molecule has 12 nitrogen and oxygen atoms in total. The Labute approximate surface area is 799 Å². The zero-order valence-corrected chi connectivity index (χ0v) is 75.7. The molecule has 8 aliphatic carbocycles. The highest BCUT2D eigenvalue weighted by molar-refractivity contribution is 6.20. The van der Waals surface area contributed by atoms with Crippen molar-refractivity contribution in [1.82, 2.24) is 57.5 Å². The van der Waals surface area contributed by atoms with Crippen LogP contribution in [0.25, 0.3) is 243 Å². The number of imidazole rings is 4. The van der Waals surface area contributed by atoms with E-state index in [1.54, 1.807) is 0 Å². The van der Waals surface area contributed by atoms with E-state index < -0.39 is 0 Å². The third-order valence-corrected chi connectivity index (χ3v) is 32.2. The summed E-state index contributed by atoms with van der Waals surface area (Å²) in [5.41, 5.74) is 66.3. The van der Waals surface area contributed by atoms with Crippen LogP contribution in [0.4, 0.5) is 0 Å². The Morgan fingerprint density at radius 2 is 0.421 bits per heavy atom. The highest BCUT2D eigenvalue weighted by Gasteiger charge is 2.36. The molecule has 28 aromatic rings. The smallest absolute Gasteiger partial charge is 0.146 e. The Balaban J connectivity index is 0.0000000829. The second kappa shape index (κ2) is 27.9. The zero-order valence-electron chi connectivity index (χ0n) is 75.7. The van der Waals surface area contributed by atoms with Crippen molar-refractivity contribution in [2.75, 3.05) is 0 Å². The van der Waals surface area contributed by atoms with Gasteiger partial charge in [-0.2, -0.15) is 0 Å². The Kier molecular flexibility index (Phi) is 15.0. The van der Waals surface area contributed by atoms with Crippen molar-refractivity contribution in [3.63, 3.8) is 0 Å². The normalized spacial score (nSPS) is 13.5. The topological polar surface area (TPSA) is 121 Å². The first-order chi connectivity index (χ1) is 69.4. The summed E-state index contributed by atoms with van der Waals surface area (Å²) < 4.78 is 9.12.